The lowest BCUT2D eigenvalue weighted by molar-refractivity contribution is -0.910. The Balaban J connectivity index is 2.14. The van der Waals surface area contributed by atoms with Gasteiger partial charge in [0.05, 0.1) is 25.9 Å². The van der Waals surface area contributed by atoms with Gasteiger partial charge in [-0.05, 0) is 57.4 Å². The summed E-state index contributed by atoms with van der Waals surface area (Å²) in [5, 5.41) is 4.24. The van der Waals surface area contributed by atoms with Crippen LogP contribution in [0, 0.1) is 5.92 Å². The normalized spacial score (nSPS) is 14.9. The minimum Gasteiger partial charge on any atom is -0.496 e. The van der Waals surface area contributed by atoms with Gasteiger partial charge in [-0.2, -0.15) is 5.10 Å². The molecule has 0 atom stereocenters. The zero-order valence-corrected chi connectivity index (χ0v) is 14.6. The number of carbonyl (C=O) groups is 1. The first-order valence-corrected chi connectivity index (χ1v) is 8.44. The number of rotatable bonds is 8. The molecular formula is C18H28N3O2+. The van der Waals surface area contributed by atoms with Crippen molar-refractivity contribution < 1.29 is 14.4 Å². The molecule has 1 aromatic rings. The summed E-state index contributed by atoms with van der Waals surface area (Å²) in [5.41, 5.74) is 5.67. The predicted molar refractivity (Wildman–Crippen MR) is 91.8 cm³/mol. The number of amides is 1. The summed E-state index contributed by atoms with van der Waals surface area (Å²) in [4.78, 5) is 13.2. The number of hydrazone groups is 1. The summed E-state index contributed by atoms with van der Waals surface area (Å²) >= 11 is 0. The van der Waals surface area contributed by atoms with E-state index in [1.54, 1.807) is 7.11 Å². The highest BCUT2D eigenvalue weighted by atomic mass is 16.5. The zero-order chi connectivity index (χ0) is 16.8. The van der Waals surface area contributed by atoms with Gasteiger partial charge in [0.25, 0.3) is 0 Å². The second-order valence-electron chi connectivity index (χ2n) is 6.11. The fourth-order valence-electron chi connectivity index (χ4n) is 2.55. The zero-order valence-electron chi connectivity index (χ0n) is 14.6. The molecule has 1 amide bonds. The van der Waals surface area contributed by atoms with Gasteiger partial charge in [0.1, 0.15) is 12.3 Å². The van der Waals surface area contributed by atoms with E-state index in [4.69, 9.17) is 4.74 Å². The van der Waals surface area contributed by atoms with Crippen LogP contribution in [0.25, 0.3) is 0 Å². The molecule has 1 saturated carbocycles. The molecule has 1 fully saturated rings. The van der Waals surface area contributed by atoms with Gasteiger partial charge >= 0.3 is 0 Å². The number of hydrogen-bond donors (Lipinski definition) is 2. The molecule has 5 heteroatoms. The van der Waals surface area contributed by atoms with Crippen molar-refractivity contribution >= 4 is 11.6 Å². The van der Waals surface area contributed by atoms with Crippen LogP contribution in [-0.2, 0) is 11.3 Å². The fourth-order valence-corrected chi connectivity index (χ4v) is 2.55. The van der Waals surface area contributed by atoms with Crippen molar-refractivity contribution in [3.8, 4) is 5.75 Å². The highest BCUT2D eigenvalue weighted by Crippen LogP contribution is 2.28. The average molecular weight is 318 g/mol. The summed E-state index contributed by atoms with van der Waals surface area (Å²) in [7, 11) is 1.70. The maximum Gasteiger partial charge on any atom is 0.243 e. The van der Waals surface area contributed by atoms with Crippen molar-refractivity contribution in [2.24, 2.45) is 11.0 Å². The highest BCUT2D eigenvalue weighted by Gasteiger charge is 2.29. The monoisotopic (exact) mass is 318 g/mol. The highest BCUT2D eigenvalue weighted by molar-refractivity contribution is 5.99. The first kappa shape index (κ1) is 17.5. The van der Waals surface area contributed by atoms with Gasteiger partial charge in [-0.15, -0.1) is 0 Å². The molecule has 1 aliphatic carbocycles. The number of methoxy groups -OCH3 is 1. The molecule has 126 valence electrons. The summed E-state index contributed by atoms with van der Waals surface area (Å²) in [6, 6.07) is 6.09. The Labute approximate surface area is 138 Å². The standard InChI is InChI=1S/C18H27N3O2/c1-5-21(6-2)12-16-11-15(9-10-17(16)23-4)13(3)19-20-18(22)14-7-8-14/h9-11,14H,5-8,12H2,1-4H3,(H,20,22)/p+1/b19-13-. The Morgan fingerprint density at radius 2 is 2.04 bits per heavy atom. The molecule has 0 saturated heterocycles. The molecule has 0 radical (unpaired) electrons. The first-order valence-electron chi connectivity index (χ1n) is 8.44. The summed E-state index contributed by atoms with van der Waals surface area (Å²) < 4.78 is 5.48. The maximum absolute atomic E-state index is 11.7. The molecule has 23 heavy (non-hydrogen) atoms. The van der Waals surface area contributed by atoms with Crippen LogP contribution in [0.4, 0.5) is 0 Å². The minimum atomic E-state index is 0.0330. The quantitative estimate of drug-likeness (QED) is 0.562. The fraction of sp³-hybridized carbons (Fsp3) is 0.556. The van der Waals surface area contributed by atoms with Crippen molar-refractivity contribution in [2.75, 3.05) is 20.2 Å². The van der Waals surface area contributed by atoms with Crippen molar-refractivity contribution in [1.82, 2.24) is 5.43 Å². The molecule has 2 N–H and O–H groups in total. The van der Waals surface area contributed by atoms with E-state index in [-0.39, 0.29) is 11.8 Å². The van der Waals surface area contributed by atoms with E-state index in [0.29, 0.717) is 0 Å². The summed E-state index contributed by atoms with van der Waals surface area (Å²) in [6.07, 6.45) is 1.97. The number of ether oxygens (including phenoxy) is 1. The third kappa shape index (κ3) is 4.79. The maximum atomic E-state index is 11.7. The minimum absolute atomic E-state index is 0.0330. The van der Waals surface area contributed by atoms with Crippen LogP contribution in [0.2, 0.25) is 0 Å². The van der Waals surface area contributed by atoms with E-state index in [2.05, 4.69) is 30.4 Å². The molecule has 0 heterocycles. The number of quaternary nitrogens is 1. The van der Waals surface area contributed by atoms with Crippen molar-refractivity contribution in [1.29, 1.82) is 0 Å². The Morgan fingerprint density at radius 1 is 1.35 bits per heavy atom. The molecular weight excluding hydrogens is 290 g/mol. The largest absolute Gasteiger partial charge is 0.496 e. The van der Waals surface area contributed by atoms with Gasteiger partial charge in [0.2, 0.25) is 5.91 Å². The molecule has 0 unspecified atom stereocenters. The Bertz CT molecular complexity index is 576. The van der Waals surface area contributed by atoms with Crippen LogP contribution in [0.15, 0.2) is 23.3 Å². The smallest absolute Gasteiger partial charge is 0.243 e. The number of hydrogen-bond acceptors (Lipinski definition) is 3. The third-order valence-corrected chi connectivity index (χ3v) is 4.42. The van der Waals surface area contributed by atoms with Gasteiger partial charge in [-0.3, -0.25) is 4.79 Å². The van der Waals surface area contributed by atoms with Crippen LogP contribution >= 0.6 is 0 Å². The van der Waals surface area contributed by atoms with Gasteiger partial charge in [0.15, 0.2) is 0 Å². The molecule has 0 aromatic heterocycles. The van der Waals surface area contributed by atoms with E-state index in [1.807, 2.05) is 19.1 Å². The van der Waals surface area contributed by atoms with Gasteiger partial charge in [-0.1, -0.05) is 0 Å². The van der Waals surface area contributed by atoms with E-state index < -0.39 is 0 Å². The van der Waals surface area contributed by atoms with E-state index in [9.17, 15) is 4.79 Å². The second kappa shape index (κ2) is 8.11. The van der Waals surface area contributed by atoms with Crippen LogP contribution < -0.4 is 15.1 Å². The molecule has 1 aliphatic rings. The number of nitrogens with zero attached hydrogens (tertiary/aromatic N) is 1. The molecule has 1 aromatic carbocycles. The van der Waals surface area contributed by atoms with Gasteiger partial charge in [0, 0.05) is 11.5 Å². The molecule has 2 rings (SSSR count). The van der Waals surface area contributed by atoms with E-state index >= 15 is 0 Å². The van der Waals surface area contributed by atoms with E-state index in [0.717, 1.165) is 49.5 Å². The van der Waals surface area contributed by atoms with Gasteiger partial charge < -0.3 is 9.64 Å². The average Bonchev–Trinajstić information content (AvgIpc) is 3.42. The number of carbonyl (C=O) groups excluding carboxylic acids is 1. The molecule has 0 spiro atoms. The Morgan fingerprint density at radius 3 is 2.61 bits per heavy atom. The second-order valence-corrected chi connectivity index (χ2v) is 6.11. The SMILES string of the molecule is CC[NH+](CC)Cc1cc(/C(C)=N\NC(=O)C2CC2)ccc1OC. The van der Waals surface area contributed by atoms with Crippen molar-refractivity contribution in [3.63, 3.8) is 0 Å². The van der Waals surface area contributed by atoms with Crippen LogP contribution in [0.3, 0.4) is 0 Å². The lowest BCUT2D eigenvalue weighted by Gasteiger charge is -2.18. The number of nitrogens with one attached hydrogen (secondary N) is 2. The van der Waals surface area contributed by atoms with Crippen LogP contribution in [0.5, 0.6) is 5.75 Å². The van der Waals surface area contributed by atoms with Crippen LogP contribution in [-0.4, -0.2) is 31.8 Å². The topological polar surface area (TPSA) is 55.1 Å². The number of benzene rings is 1. The lowest BCUT2D eigenvalue weighted by atomic mass is 10.1. The predicted octanol–water partition coefficient (Wildman–Crippen LogP) is 1.37. The molecule has 0 bridgehead atoms. The first-order chi connectivity index (χ1) is 11.1. The molecule has 0 aliphatic heterocycles. The Kier molecular flexibility index (Phi) is 6.16. The van der Waals surface area contributed by atoms with Crippen LogP contribution in [0.1, 0.15) is 44.7 Å². The lowest BCUT2D eigenvalue weighted by Crippen LogP contribution is -3.10. The molecule has 5 nitrogen and oxygen atoms in total. The summed E-state index contributed by atoms with van der Waals surface area (Å²) in [5.74, 6) is 1.11. The van der Waals surface area contributed by atoms with E-state index in [1.165, 1.54) is 10.5 Å². The summed E-state index contributed by atoms with van der Waals surface area (Å²) in [6.45, 7) is 9.38. The van der Waals surface area contributed by atoms with Gasteiger partial charge in [-0.25, -0.2) is 5.43 Å². The Hall–Kier alpha value is -1.88. The van der Waals surface area contributed by atoms with Crippen molar-refractivity contribution in [2.45, 2.75) is 40.2 Å². The third-order valence-electron chi connectivity index (χ3n) is 4.42. The van der Waals surface area contributed by atoms with Crippen molar-refractivity contribution in [3.05, 3.63) is 29.3 Å².